The van der Waals surface area contributed by atoms with Crippen molar-refractivity contribution in [2.75, 3.05) is 12.4 Å². The van der Waals surface area contributed by atoms with Gasteiger partial charge in [0.15, 0.2) is 11.5 Å². The zero-order chi connectivity index (χ0) is 18.5. The summed E-state index contributed by atoms with van der Waals surface area (Å²) in [7, 11) is 1.51. The van der Waals surface area contributed by atoms with Gasteiger partial charge in [0.25, 0.3) is 0 Å². The Morgan fingerprint density at radius 2 is 2.04 bits per heavy atom. The zero-order valence-corrected chi connectivity index (χ0v) is 15.2. The highest BCUT2D eigenvalue weighted by Gasteiger charge is 2.13. The number of nitrogens with one attached hydrogen (secondary N) is 2. The highest BCUT2D eigenvalue weighted by atomic mass is 35.5. The molecule has 0 saturated heterocycles. The Morgan fingerprint density at radius 1 is 1.19 bits per heavy atom. The predicted octanol–water partition coefficient (Wildman–Crippen LogP) is 4.45. The van der Waals surface area contributed by atoms with E-state index in [2.05, 4.69) is 20.5 Å². The third-order valence-electron chi connectivity index (χ3n) is 3.63. The smallest absolute Gasteiger partial charge is 0.218 e. The van der Waals surface area contributed by atoms with Crippen molar-refractivity contribution in [1.29, 1.82) is 0 Å². The molecule has 2 aromatic carbocycles. The number of rotatable bonds is 7. The maximum atomic E-state index is 13.9. The molecule has 0 radical (unpaired) electrons. The largest absolute Gasteiger partial charge is 0.493 e. The van der Waals surface area contributed by atoms with Crippen molar-refractivity contribution in [3.8, 4) is 11.5 Å². The minimum atomic E-state index is -0.435. The summed E-state index contributed by atoms with van der Waals surface area (Å²) in [5.41, 5.74) is 1.04. The molecular weight excluding hydrogens is 382 g/mol. The molecule has 1 aromatic heterocycles. The van der Waals surface area contributed by atoms with Gasteiger partial charge in [0.1, 0.15) is 18.8 Å². The molecule has 0 aliphatic rings. The van der Waals surface area contributed by atoms with Gasteiger partial charge < -0.3 is 14.8 Å². The lowest BCUT2D eigenvalue weighted by atomic mass is 10.2. The van der Waals surface area contributed by atoms with Crippen LogP contribution < -0.4 is 14.8 Å². The molecule has 2 N–H and O–H groups in total. The highest BCUT2D eigenvalue weighted by Crippen LogP contribution is 2.34. The van der Waals surface area contributed by atoms with Gasteiger partial charge in [-0.25, -0.2) is 14.5 Å². The second-order valence-electron chi connectivity index (χ2n) is 5.27. The van der Waals surface area contributed by atoms with Crippen LogP contribution in [0.25, 0.3) is 0 Å². The van der Waals surface area contributed by atoms with Crippen molar-refractivity contribution in [2.24, 2.45) is 0 Å². The molecule has 6 nitrogen and oxygen atoms in total. The first-order valence-corrected chi connectivity index (χ1v) is 8.35. The van der Waals surface area contributed by atoms with Crippen LogP contribution in [0.3, 0.4) is 0 Å². The summed E-state index contributed by atoms with van der Waals surface area (Å²) in [6.07, 6.45) is 1.40. The first-order chi connectivity index (χ1) is 12.6. The summed E-state index contributed by atoms with van der Waals surface area (Å²) in [6.45, 7) is 0.359. The number of hydrogen-bond acceptors (Lipinski definition) is 5. The first kappa shape index (κ1) is 18.3. The van der Waals surface area contributed by atoms with Crippen molar-refractivity contribution in [3.05, 3.63) is 63.6 Å². The van der Waals surface area contributed by atoms with Gasteiger partial charge in [0.2, 0.25) is 5.95 Å². The topological polar surface area (TPSA) is 72.1 Å². The molecule has 0 unspecified atom stereocenters. The predicted molar refractivity (Wildman–Crippen MR) is 97.5 cm³/mol. The summed E-state index contributed by atoms with van der Waals surface area (Å²) in [5, 5.41) is 10.3. The Labute approximate surface area is 159 Å². The van der Waals surface area contributed by atoms with Gasteiger partial charge in [-0.15, -0.1) is 0 Å². The molecule has 9 heteroatoms. The van der Waals surface area contributed by atoms with E-state index >= 15 is 0 Å². The SMILES string of the molecule is COc1cc(CNc2ncn[nH]2)c(Cl)cc1OCc1c(F)cccc1Cl. The van der Waals surface area contributed by atoms with E-state index in [1.165, 1.54) is 25.6 Å². The van der Waals surface area contributed by atoms with Crippen LogP contribution in [0.4, 0.5) is 10.3 Å². The number of anilines is 1. The molecule has 136 valence electrons. The number of benzene rings is 2. The molecule has 0 spiro atoms. The van der Waals surface area contributed by atoms with Crippen LogP contribution in [0.5, 0.6) is 11.5 Å². The summed E-state index contributed by atoms with van der Waals surface area (Å²) >= 11 is 12.3. The number of aromatic nitrogens is 3. The fraction of sp³-hybridized carbons (Fsp3) is 0.176. The Balaban J connectivity index is 1.76. The number of H-pyrrole nitrogens is 1. The average molecular weight is 397 g/mol. The van der Waals surface area contributed by atoms with Gasteiger partial charge in [-0.05, 0) is 23.8 Å². The molecular formula is C17H15Cl2FN4O2. The van der Waals surface area contributed by atoms with Crippen molar-refractivity contribution >= 4 is 29.2 Å². The van der Waals surface area contributed by atoms with Crippen LogP contribution in [-0.2, 0) is 13.2 Å². The maximum absolute atomic E-state index is 13.9. The standard InChI is InChI=1S/C17H15Cl2FN4O2/c1-25-15-5-10(7-21-17-22-9-23-24-17)13(19)6-16(15)26-8-11-12(18)3-2-4-14(11)20/h2-6,9H,7-8H2,1H3,(H2,21,22,23,24). The second-order valence-corrected chi connectivity index (χ2v) is 6.09. The third kappa shape index (κ3) is 4.17. The molecule has 0 aliphatic carbocycles. The highest BCUT2D eigenvalue weighted by molar-refractivity contribution is 6.31. The van der Waals surface area contributed by atoms with E-state index in [1.54, 1.807) is 18.2 Å². The fourth-order valence-corrected chi connectivity index (χ4v) is 2.71. The number of nitrogens with zero attached hydrogens (tertiary/aromatic N) is 2. The molecule has 0 amide bonds. The number of methoxy groups -OCH3 is 1. The van der Waals surface area contributed by atoms with Crippen LogP contribution >= 0.6 is 23.2 Å². The third-order valence-corrected chi connectivity index (χ3v) is 4.33. The van der Waals surface area contributed by atoms with Gasteiger partial charge >= 0.3 is 0 Å². The molecule has 3 rings (SSSR count). The van der Waals surface area contributed by atoms with Gasteiger partial charge in [-0.2, -0.15) is 5.10 Å². The molecule has 1 heterocycles. The van der Waals surface area contributed by atoms with Crippen LogP contribution in [0.2, 0.25) is 10.0 Å². The van der Waals surface area contributed by atoms with E-state index in [1.807, 2.05) is 0 Å². The van der Waals surface area contributed by atoms with E-state index in [4.69, 9.17) is 32.7 Å². The summed E-state index contributed by atoms with van der Waals surface area (Å²) in [5.74, 6) is 0.946. The van der Waals surface area contributed by atoms with Gasteiger partial charge in [0, 0.05) is 23.2 Å². The van der Waals surface area contributed by atoms with Crippen molar-refractivity contribution in [2.45, 2.75) is 13.2 Å². The van der Waals surface area contributed by atoms with Crippen LogP contribution in [0, 0.1) is 5.82 Å². The lowest BCUT2D eigenvalue weighted by molar-refractivity contribution is 0.279. The molecule has 0 saturated carbocycles. The Kier molecular flexibility index (Phi) is 5.80. The minimum absolute atomic E-state index is 0.0478. The Morgan fingerprint density at radius 3 is 2.73 bits per heavy atom. The Hall–Kier alpha value is -2.51. The van der Waals surface area contributed by atoms with Crippen LogP contribution in [-0.4, -0.2) is 22.3 Å². The number of halogens is 3. The molecule has 0 bridgehead atoms. The van der Waals surface area contributed by atoms with Gasteiger partial charge in [-0.3, -0.25) is 0 Å². The second kappa shape index (κ2) is 8.25. The molecule has 3 aromatic rings. The monoisotopic (exact) mass is 396 g/mol. The van der Waals surface area contributed by atoms with Crippen LogP contribution in [0.15, 0.2) is 36.7 Å². The maximum Gasteiger partial charge on any atom is 0.218 e. The van der Waals surface area contributed by atoms with Crippen molar-refractivity contribution in [1.82, 2.24) is 15.2 Å². The average Bonchev–Trinajstić information content (AvgIpc) is 3.14. The molecule has 0 fully saturated rings. The van der Waals surface area contributed by atoms with Gasteiger partial charge in [-0.1, -0.05) is 29.3 Å². The molecule has 0 aliphatic heterocycles. The quantitative estimate of drug-likeness (QED) is 0.617. The number of ether oxygens (including phenoxy) is 2. The van der Waals surface area contributed by atoms with E-state index in [0.29, 0.717) is 34.0 Å². The molecule has 0 atom stereocenters. The minimum Gasteiger partial charge on any atom is -0.493 e. The lowest BCUT2D eigenvalue weighted by Gasteiger charge is -2.15. The van der Waals surface area contributed by atoms with Crippen molar-refractivity contribution in [3.63, 3.8) is 0 Å². The number of hydrogen-bond donors (Lipinski definition) is 2. The van der Waals surface area contributed by atoms with Crippen LogP contribution in [0.1, 0.15) is 11.1 Å². The summed E-state index contributed by atoms with van der Waals surface area (Å²) in [6, 6.07) is 7.82. The van der Waals surface area contributed by atoms with E-state index in [0.717, 1.165) is 5.56 Å². The van der Waals surface area contributed by atoms with E-state index in [-0.39, 0.29) is 12.2 Å². The normalized spacial score (nSPS) is 10.6. The fourth-order valence-electron chi connectivity index (χ4n) is 2.27. The van der Waals surface area contributed by atoms with Crippen molar-refractivity contribution < 1.29 is 13.9 Å². The first-order valence-electron chi connectivity index (χ1n) is 7.60. The lowest BCUT2D eigenvalue weighted by Crippen LogP contribution is -2.04. The zero-order valence-electron chi connectivity index (χ0n) is 13.7. The Bertz CT molecular complexity index is 870. The summed E-state index contributed by atoms with van der Waals surface area (Å²) < 4.78 is 24.9. The number of aromatic amines is 1. The van der Waals surface area contributed by atoms with Gasteiger partial charge in [0.05, 0.1) is 12.1 Å². The van der Waals surface area contributed by atoms with E-state index in [9.17, 15) is 4.39 Å². The summed E-state index contributed by atoms with van der Waals surface area (Å²) in [4.78, 5) is 3.98. The molecule has 26 heavy (non-hydrogen) atoms. The van der Waals surface area contributed by atoms with E-state index < -0.39 is 5.82 Å².